The highest BCUT2D eigenvalue weighted by molar-refractivity contribution is 7.85. The predicted molar refractivity (Wildman–Crippen MR) is 82.7 cm³/mol. The Morgan fingerprint density at radius 2 is 1.91 bits per heavy atom. The van der Waals surface area contributed by atoms with Crippen LogP contribution in [0.2, 0.25) is 0 Å². The molecule has 0 aromatic heterocycles. The molecular formula is C15H19F4NO2S. The molecule has 1 aromatic carbocycles. The molecule has 1 aromatic rings. The van der Waals surface area contributed by atoms with Gasteiger partial charge in [-0.3, -0.25) is 0 Å². The van der Waals surface area contributed by atoms with Crippen molar-refractivity contribution in [2.75, 3.05) is 0 Å². The van der Waals surface area contributed by atoms with E-state index in [0.717, 1.165) is 0 Å². The SMILES string of the molecule is CC(C)(C)S(=O)/N=C(\CCC(F)F)c1cccc(OC(F)F)c1. The van der Waals surface area contributed by atoms with Crippen LogP contribution in [0.15, 0.2) is 28.7 Å². The second kappa shape index (κ2) is 8.42. The summed E-state index contributed by atoms with van der Waals surface area (Å²) in [5, 5.41) is 0. The van der Waals surface area contributed by atoms with Gasteiger partial charge in [-0.15, -0.1) is 0 Å². The average molecular weight is 353 g/mol. The number of hydrogen-bond donors (Lipinski definition) is 0. The summed E-state index contributed by atoms with van der Waals surface area (Å²) in [5.41, 5.74) is 0.514. The maximum Gasteiger partial charge on any atom is 0.387 e. The van der Waals surface area contributed by atoms with Crippen LogP contribution in [0.5, 0.6) is 5.75 Å². The molecule has 3 nitrogen and oxygen atoms in total. The van der Waals surface area contributed by atoms with Crippen LogP contribution in [0.1, 0.15) is 39.2 Å². The van der Waals surface area contributed by atoms with Gasteiger partial charge in [0.1, 0.15) is 16.7 Å². The van der Waals surface area contributed by atoms with Crippen molar-refractivity contribution >= 4 is 16.7 Å². The third-order valence-electron chi connectivity index (χ3n) is 2.71. The number of benzene rings is 1. The maximum atomic E-state index is 12.5. The smallest absolute Gasteiger partial charge is 0.387 e. The molecule has 0 aliphatic heterocycles. The minimum absolute atomic E-state index is 0.108. The van der Waals surface area contributed by atoms with Gasteiger partial charge in [0.15, 0.2) is 0 Å². The molecule has 1 rings (SSSR count). The first-order valence-electron chi connectivity index (χ1n) is 6.92. The summed E-state index contributed by atoms with van der Waals surface area (Å²) in [6.45, 7) is 2.12. The first kappa shape index (κ1) is 19.6. The largest absolute Gasteiger partial charge is 0.435 e. The molecular weight excluding hydrogens is 334 g/mol. The van der Waals surface area contributed by atoms with Gasteiger partial charge >= 0.3 is 6.61 Å². The van der Waals surface area contributed by atoms with Crippen molar-refractivity contribution in [2.24, 2.45) is 4.40 Å². The Hall–Kier alpha value is -1.44. The van der Waals surface area contributed by atoms with E-state index < -0.39 is 35.2 Å². The minimum atomic E-state index is -2.99. The molecule has 8 heteroatoms. The molecule has 1 atom stereocenters. The number of nitrogens with zero attached hydrogens (tertiary/aromatic N) is 1. The molecule has 0 saturated heterocycles. The zero-order valence-corrected chi connectivity index (χ0v) is 13.9. The third kappa shape index (κ3) is 7.11. The lowest BCUT2D eigenvalue weighted by Crippen LogP contribution is -2.21. The Labute approximate surface area is 135 Å². The summed E-state index contributed by atoms with van der Waals surface area (Å²) in [6, 6.07) is 5.57. The fraction of sp³-hybridized carbons (Fsp3) is 0.533. The molecule has 1 unspecified atom stereocenters. The zero-order chi connectivity index (χ0) is 17.6. The molecule has 0 heterocycles. The summed E-state index contributed by atoms with van der Waals surface area (Å²) >= 11 is 0. The van der Waals surface area contributed by atoms with E-state index in [2.05, 4.69) is 9.13 Å². The van der Waals surface area contributed by atoms with E-state index in [1.807, 2.05) is 0 Å². The van der Waals surface area contributed by atoms with E-state index in [-0.39, 0.29) is 17.9 Å². The van der Waals surface area contributed by atoms with Gasteiger partial charge in [-0.25, -0.2) is 13.0 Å². The van der Waals surface area contributed by atoms with Gasteiger partial charge < -0.3 is 4.74 Å². The van der Waals surface area contributed by atoms with Crippen molar-refractivity contribution in [2.45, 2.75) is 51.4 Å². The van der Waals surface area contributed by atoms with Gasteiger partial charge in [0.25, 0.3) is 0 Å². The second-order valence-electron chi connectivity index (χ2n) is 5.74. The summed E-state index contributed by atoms with van der Waals surface area (Å²) in [4.78, 5) is 0. The molecule has 0 bridgehead atoms. The van der Waals surface area contributed by atoms with E-state index in [1.165, 1.54) is 24.3 Å². The average Bonchev–Trinajstić information content (AvgIpc) is 2.41. The summed E-state index contributed by atoms with van der Waals surface area (Å²) in [5.74, 6) is -0.108. The fourth-order valence-electron chi connectivity index (χ4n) is 1.58. The van der Waals surface area contributed by atoms with Crippen molar-refractivity contribution in [3.8, 4) is 5.75 Å². The first-order valence-corrected chi connectivity index (χ1v) is 8.03. The lowest BCUT2D eigenvalue weighted by atomic mass is 10.1. The highest BCUT2D eigenvalue weighted by Crippen LogP contribution is 2.21. The van der Waals surface area contributed by atoms with E-state index in [0.29, 0.717) is 5.56 Å². The van der Waals surface area contributed by atoms with Gasteiger partial charge in [0.05, 0.1) is 10.5 Å². The van der Waals surface area contributed by atoms with Gasteiger partial charge in [-0.05, 0) is 39.3 Å². The lowest BCUT2D eigenvalue weighted by Gasteiger charge is -2.16. The standard InChI is InChI=1S/C15H19F4NO2S/c1-15(2,3)23(21)20-12(7-8-13(16)17)10-5-4-6-11(9-10)22-14(18)19/h4-6,9,13-14H,7-8H2,1-3H3/b20-12+. The summed E-state index contributed by atoms with van der Waals surface area (Å²) in [7, 11) is -1.65. The minimum Gasteiger partial charge on any atom is -0.435 e. The number of ether oxygens (including phenoxy) is 1. The zero-order valence-electron chi connectivity index (χ0n) is 13.1. The molecule has 0 aliphatic rings. The number of rotatable bonds is 7. The van der Waals surface area contributed by atoms with Crippen LogP contribution in [0.3, 0.4) is 0 Å². The quantitative estimate of drug-likeness (QED) is 0.531. The Kier molecular flexibility index (Phi) is 7.18. The van der Waals surface area contributed by atoms with E-state index in [4.69, 9.17) is 0 Å². The van der Waals surface area contributed by atoms with Crippen molar-refractivity contribution in [3.63, 3.8) is 0 Å². The monoisotopic (exact) mass is 353 g/mol. The van der Waals surface area contributed by atoms with E-state index in [9.17, 15) is 21.8 Å². The molecule has 0 fully saturated rings. The van der Waals surface area contributed by atoms with Crippen LogP contribution in [-0.4, -0.2) is 27.7 Å². The lowest BCUT2D eigenvalue weighted by molar-refractivity contribution is -0.0498. The van der Waals surface area contributed by atoms with Gasteiger partial charge in [0, 0.05) is 12.0 Å². The third-order valence-corrected chi connectivity index (χ3v) is 4.14. The van der Waals surface area contributed by atoms with Crippen LogP contribution in [0, 0.1) is 0 Å². The molecule has 130 valence electrons. The van der Waals surface area contributed by atoms with Gasteiger partial charge in [-0.1, -0.05) is 12.1 Å². The topological polar surface area (TPSA) is 38.7 Å². The van der Waals surface area contributed by atoms with Gasteiger partial charge in [-0.2, -0.15) is 13.2 Å². The Morgan fingerprint density at radius 1 is 1.26 bits per heavy atom. The summed E-state index contributed by atoms with van der Waals surface area (Å²) in [6.07, 6.45) is -3.11. The normalized spacial score (nSPS) is 14.4. The Balaban J connectivity index is 3.13. The van der Waals surface area contributed by atoms with E-state index >= 15 is 0 Å². The molecule has 0 N–H and O–H groups in total. The molecule has 0 aliphatic carbocycles. The van der Waals surface area contributed by atoms with Gasteiger partial charge in [0.2, 0.25) is 6.43 Å². The van der Waals surface area contributed by atoms with Crippen LogP contribution in [0.4, 0.5) is 17.6 Å². The highest BCUT2D eigenvalue weighted by Gasteiger charge is 2.21. The molecule has 0 radical (unpaired) electrons. The first-order chi connectivity index (χ1) is 10.6. The number of halogens is 4. The molecule has 0 saturated carbocycles. The molecule has 0 amide bonds. The molecule has 23 heavy (non-hydrogen) atoms. The van der Waals surface area contributed by atoms with Crippen LogP contribution < -0.4 is 4.74 Å². The van der Waals surface area contributed by atoms with Crippen molar-refractivity contribution < 1.29 is 26.5 Å². The van der Waals surface area contributed by atoms with Crippen LogP contribution >= 0.6 is 0 Å². The number of hydrogen-bond acceptors (Lipinski definition) is 2. The van der Waals surface area contributed by atoms with Crippen LogP contribution in [-0.2, 0) is 11.0 Å². The predicted octanol–water partition coefficient (Wildman–Crippen LogP) is 4.58. The second-order valence-corrected chi connectivity index (χ2v) is 7.64. The van der Waals surface area contributed by atoms with E-state index in [1.54, 1.807) is 20.8 Å². The highest BCUT2D eigenvalue weighted by atomic mass is 32.2. The van der Waals surface area contributed by atoms with Crippen LogP contribution in [0.25, 0.3) is 0 Å². The summed E-state index contributed by atoms with van der Waals surface area (Å²) < 4.78 is 69.3. The molecule has 0 spiro atoms. The maximum absolute atomic E-state index is 12.5. The van der Waals surface area contributed by atoms with Crippen molar-refractivity contribution in [3.05, 3.63) is 29.8 Å². The van der Waals surface area contributed by atoms with Crippen molar-refractivity contribution in [1.82, 2.24) is 0 Å². The van der Waals surface area contributed by atoms with Crippen molar-refractivity contribution in [1.29, 1.82) is 0 Å². The number of alkyl halides is 4. The Morgan fingerprint density at radius 3 is 2.43 bits per heavy atom. The fourth-order valence-corrected chi connectivity index (χ4v) is 2.25. The Bertz CT molecular complexity index is 571.